The van der Waals surface area contributed by atoms with Crippen LogP contribution in [0.4, 0.5) is 0 Å². The number of carbonyl (C=O) groups is 1. The zero-order valence-corrected chi connectivity index (χ0v) is 13.5. The van der Waals surface area contributed by atoms with E-state index in [-0.39, 0.29) is 24.4 Å². The fraction of sp³-hybridized carbons (Fsp3) is 0.562. The molecule has 1 atom stereocenters. The lowest BCUT2D eigenvalue weighted by atomic mass is 10.1. The van der Waals surface area contributed by atoms with Crippen molar-refractivity contribution < 1.29 is 9.53 Å². The van der Waals surface area contributed by atoms with Crippen LogP contribution in [0.25, 0.3) is 0 Å². The van der Waals surface area contributed by atoms with E-state index in [1.54, 1.807) is 0 Å². The highest BCUT2D eigenvalue weighted by Crippen LogP contribution is 2.19. The number of halogens is 1. The maximum atomic E-state index is 12.0. The van der Waals surface area contributed by atoms with Crippen molar-refractivity contribution in [3.8, 4) is 5.75 Å². The normalized spacial score (nSPS) is 17.4. The molecule has 1 heterocycles. The van der Waals surface area contributed by atoms with Crippen LogP contribution in [-0.4, -0.2) is 31.1 Å². The van der Waals surface area contributed by atoms with Crippen LogP contribution in [0.3, 0.4) is 0 Å². The van der Waals surface area contributed by atoms with Crippen molar-refractivity contribution in [3.05, 3.63) is 29.8 Å². The minimum absolute atomic E-state index is 0. The lowest BCUT2D eigenvalue weighted by molar-refractivity contribution is -0.120. The van der Waals surface area contributed by atoms with E-state index in [9.17, 15) is 4.79 Å². The van der Waals surface area contributed by atoms with Crippen LogP contribution in [0.15, 0.2) is 24.3 Å². The molecule has 1 saturated heterocycles. The summed E-state index contributed by atoms with van der Waals surface area (Å²) in [6, 6.07) is 8.17. The highest BCUT2D eigenvalue weighted by molar-refractivity contribution is 5.85. The largest absolute Gasteiger partial charge is 0.491 e. The van der Waals surface area contributed by atoms with E-state index >= 15 is 0 Å². The van der Waals surface area contributed by atoms with Gasteiger partial charge in [-0.3, -0.25) is 4.79 Å². The van der Waals surface area contributed by atoms with Gasteiger partial charge in [-0.25, -0.2) is 0 Å². The molecule has 1 fully saturated rings. The number of carbonyl (C=O) groups excluding carboxylic acids is 1. The summed E-state index contributed by atoms with van der Waals surface area (Å²) in [5, 5.41) is 6.37. The summed E-state index contributed by atoms with van der Waals surface area (Å²) >= 11 is 0. The molecule has 2 rings (SSSR count). The molecule has 1 aliphatic heterocycles. The number of amides is 1. The summed E-state index contributed by atoms with van der Waals surface area (Å²) in [6.45, 7) is 5.75. The van der Waals surface area contributed by atoms with Crippen molar-refractivity contribution in [1.82, 2.24) is 10.6 Å². The molecule has 118 valence electrons. The number of nitrogens with one attached hydrogen (secondary N) is 2. The van der Waals surface area contributed by atoms with E-state index in [1.807, 2.05) is 38.1 Å². The highest BCUT2D eigenvalue weighted by atomic mass is 35.5. The average Bonchev–Trinajstić information content (AvgIpc) is 2.91. The molecule has 0 spiro atoms. The maximum Gasteiger partial charge on any atom is 0.224 e. The van der Waals surface area contributed by atoms with Crippen LogP contribution in [0.5, 0.6) is 5.75 Å². The Kier molecular flexibility index (Phi) is 7.54. The van der Waals surface area contributed by atoms with Crippen LogP contribution in [0.2, 0.25) is 0 Å². The summed E-state index contributed by atoms with van der Waals surface area (Å²) in [7, 11) is 0. The molecule has 5 heteroatoms. The molecule has 1 aliphatic rings. The highest BCUT2D eigenvalue weighted by Gasteiger charge is 2.15. The molecule has 1 amide bonds. The van der Waals surface area contributed by atoms with Gasteiger partial charge in [0.1, 0.15) is 5.75 Å². The number of para-hydroxylation sites is 1. The van der Waals surface area contributed by atoms with E-state index in [2.05, 4.69) is 10.6 Å². The summed E-state index contributed by atoms with van der Waals surface area (Å²) in [5.41, 5.74) is 0.943. The van der Waals surface area contributed by atoms with Crippen molar-refractivity contribution in [3.63, 3.8) is 0 Å². The Bertz CT molecular complexity index is 446. The lowest BCUT2D eigenvalue weighted by Gasteiger charge is -2.15. The monoisotopic (exact) mass is 312 g/mol. The molecule has 0 aromatic heterocycles. The Balaban J connectivity index is 0.00000220. The Hall–Kier alpha value is -1.26. The molecule has 21 heavy (non-hydrogen) atoms. The van der Waals surface area contributed by atoms with Gasteiger partial charge in [-0.1, -0.05) is 18.2 Å². The van der Waals surface area contributed by atoms with Gasteiger partial charge in [0, 0.05) is 18.2 Å². The van der Waals surface area contributed by atoms with E-state index in [0.717, 1.165) is 24.3 Å². The van der Waals surface area contributed by atoms with Gasteiger partial charge in [-0.05, 0) is 39.3 Å². The SMILES string of the molecule is CC(C)Oc1ccccc1CC(=O)NCC1CCCN1.Cl. The van der Waals surface area contributed by atoms with Crippen LogP contribution >= 0.6 is 12.4 Å². The quantitative estimate of drug-likeness (QED) is 0.847. The molecule has 0 aliphatic carbocycles. The van der Waals surface area contributed by atoms with Gasteiger partial charge >= 0.3 is 0 Å². The van der Waals surface area contributed by atoms with Crippen LogP contribution < -0.4 is 15.4 Å². The molecular weight excluding hydrogens is 288 g/mol. The van der Waals surface area contributed by atoms with E-state index in [1.165, 1.54) is 6.42 Å². The van der Waals surface area contributed by atoms with Gasteiger partial charge < -0.3 is 15.4 Å². The van der Waals surface area contributed by atoms with E-state index in [0.29, 0.717) is 19.0 Å². The minimum Gasteiger partial charge on any atom is -0.491 e. The lowest BCUT2D eigenvalue weighted by Crippen LogP contribution is -2.37. The van der Waals surface area contributed by atoms with E-state index in [4.69, 9.17) is 4.74 Å². The standard InChI is InChI=1S/C16H24N2O2.ClH/c1-12(2)20-15-8-4-3-6-13(15)10-16(19)18-11-14-7-5-9-17-14;/h3-4,6,8,12,14,17H,5,7,9-11H2,1-2H3,(H,18,19);1H. The predicted molar refractivity (Wildman–Crippen MR) is 87.2 cm³/mol. The molecular formula is C16H25ClN2O2. The first-order chi connectivity index (χ1) is 9.65. The minimum atomic E-state index is 0. The second-order valence-electron chi connectivity index (χ2n) is 5.55. The topological polar surface area (TPSA) is 50.4 Å². The predicted octanol–water partition coefficient (Wildman–Crippen LogP) is 2.31. The third-order valence-corrected chi connectivity index (χ3v) is 3.39. The zero-order valence-electron chi connectivity index (χ0n) is 12.7. The Morgan fingerprint density at radius 2 is 2.19 bits per heavy atom. The molecule has 1 aromatic carbocycles. The van der Waals surface area contributed by atoms with Gasteiger partial charge in [0.25, 0.3) is 0 Å². The third-order valence-electron chi connectivity index (χ3n) is 3.39. The van der Waals surface area contributed by atoms with Crippen molar-refractivity contribution in [2.45, 2.75) is 45.3 Å². The van der Waals surface area contributed by atoms with Crippen LogP contribution in [0, 0.1) is 0 Å². The molecule has 2 N–H and O–H groups in total. The number of benzene rings is 1. The molecule has 0 radical (unpaired) electrons. The fourth-order valence-corrected chi connectivity index (χ4v) is 2.42. The number of hydrogen-bond donors (Lipinski definition) is 2. The summed E-state index contributed by atoms with van der Waals surface area (Å²) in [5.74, 6) is 0.857. The summed E-state index contributed by atoms with van der Waals surface area (Å²) in [4.78, 5) is 12.0. The Labute approximate surface area is 133 Å². The first-order valence-electron chi connectivity index (χ1n) is 7.40. The first kappa shape index (κ1) is 17.8. The molecule has 0 bridgehead atoms. The van der Waals surface area contributed by atoms with Crippen molar-refractivity contribution in [2.24, 2.45) is 0 Å². The average molecular weight is 313 g/mol. The summed E-state index contributed by atoms with van der Waals surface area (Å²) in [6.07, 6.45) is 2.83. The molecule has 1 unspecified atom stereocenters. The summed E-state index contributed by atoms with van der Waals surface area (Å²) < 4.78 is 5.73. The molecule has 0 saturated carbocycles. The maximum absolute atomic E-state index is 12.0. The fourth-order valence-electron chi connectivity index (χ4n) is 2.42. The smallest absolute Gasteiger partial charge is 0.224 e. The van der Waals surface area contributed by atoms with Crippen molar-refractivity contribution in [1.29, 1.82) is 0 Å². The number of rotatable bonds is 6. The van der Waals surface area contributed by atoms with Gasteiger partial charge in [-0.15, -0.1) is 12.4 Å². The third kappa shape index (κ3) is 5.94. The van der Waals surface area contributed by atoms with Crippen LogP contribution in [-0.2, 0) is 11.2 Å². The van der Waals surface area contributed by atoms with Crippen molar-refractivity contribution >= 4 is 18.3 Å². The molecule has 4 nitrogen and oxygen atoms in total. The van der Waals surface area contributed by atoms with Crippen molar-refractivity contribution in [2.75, 3.05) is 13.1 Å². The van der Waals surface area contributed by atoms with Gasteiger partial charge in [0.15, 0.2) is 0 Å². The van der Waals surface area contributed by atoms with Gasteiger partial charge in [-0.2, -0.15) is 0 Å². The second-order valence-corrected chi connectivity index (χ2v) is 5.55. The van der Waals surface area contributed by atoms with E-state index < -0.39 is 0 Å². The second kappa shape index (κ2) is 8.90. The Morgan fingerprint density at radius 1 is 1.43 bits per heavy atom. The first-order valence-corrected chi connectivity index (χ1v) is 7.40. The Morgan fingerprint density at radius 3 is 2.86 bits per heavy atom. The zero-order chi connectivity index (χ0) is 14.4. The number of ether oxygens (including phenoxy) is 1. The van der Waals surface area contributed by atoms with Gasteiger partial charge in [0.05, 0.1) is 12.5 Å². The number of hydrogen-bond acceptors (Lipinski definition) is 3. The van der Waals surface area contributed by atoms with Crippen LogP contribution in [0.1, 0.15) is 32.3 Å². The molecule has 1 aromatic rings. The van der Waals surface area contributed by atoms with Gasteiger partial charge in [0.2, 0.25) is 5.91 Å².